The van der Waals surface area contributed by atoms with Gasteiger partial charge in [-0.3, -0.25) is 0 Å². The second kappa shape index (κ2) is 6.33. The largest absolute Gasteiger partial charge is 0.477 e. The lowest BCUT2D eigenvalue weighted by molar-refractivity contribution is 0.0697. The van der Waals surface area contributed by atoms with Crippen LogP contribution in [0.3, 0.4) is 0 Å². The van der Waals surface area contributed by atoms with Gasteiger partial charge in [0.15, 0.2) is 0 Å². The highest BCUT2D eigenvalue weighted by Crippen LogP contribution is 2.21. The lowest BCUT2D eigenvalue weighted by Crippen LogP contribution is -2.25. The van der Waals surface area contributed by atoms with E-state index in [1.807, 2.05) is 0 Å². The van der Waals surface area contributed by atoms with Crippen LogP contribution in [0.4, 0.5) is 5.82 Å². The zero-order valence-electron chi connectivity index (χ0n) is 11.3. The van der Waals surface area contributed by atoms with Crippen LogP contribution in [0.2, 0.25) is 0 Å². The van der Waals surface area contributed by atoms with Crippen molar-refractivity contribution in [2.24, 2.45) is 17.8 Å². The van der Waals surface area contributed by atoms with E-state index in [0.29, 0.717) is 30.1 Å². The Morgan fingerprint density at radius 1 is 1.33 bits per heavy atom. The van der Waals surface area contributed by atoms with Gasteiger partial charge in [-0.25, -0.2) is 14.8 Å². The van der Waals surface area contributed by atoms with Crippen molar-refractivity contribution in [1.82, 2.24) is 9.97 Å². The second-order valence-electron chi connectivity index (χ2n) is 5.12. The van der Waals surface area contributed by atoms with Crippen LogP contribution >= 0.6 is 0 Å². The first-order chi connectivity index (χ1) is 8.43. The Bertz CT molecular complexity index is 397. The highest BCUT2D eigenvalue weighted by molar-refractivity contribution is 5.92. The SMILES string of the molecule is CC(C)C(CNc1ncncc1C(=O)O)C(C)C. The quantitative estimate of drug-likeness (QED) is 0.812. The molecule has 0 amide bonds. The van der Waals surface area contributed by atoms with Gasteiger partial charge in [-0.1, -0.05) is 27.7 Å². The fraction of sp³-hybridized carbons (Fsp3) is 0.615. The van der Waals surface area contributed by atoms with Crippen LogP contribution in [-0.2, 0) is 0 Å². The van der Waals surface area contributed by atoms with Gasteiger partial charge in [0.2, 0.25) is 0 Å². The van der Waals surface area contributed by atoms with Crippen molar-refractivity contribution < 1.29 is 9.90 Å². The highest BCUT2D eigenvalue weighted by Gasteiger charge is 2.19. The summed E-state index contributed by atoms with van der Waals surface area (Å²) < 4.78 is 0. The lowest BCUT2D eigenvalue weighted by atomic mass is 9.85. The molecule has 0 unspecified atom stereocenters. The van der Waals surface area contributed by atoms with Crippen molar-refractivity contribution in [1.29, 1.82) is 0 Å². The van der Waals surface area contributed by atoms with E-state index in [0.717, 1.165) is 0 Å². The first-order valence-electron chi connectivity index (χ1n) is 6.20. The summed E-state index contributed by atoms with van der Waals surface area (Å²) in [7, 11) is 0. The number of carboxylic acid groups (broad SMARTS) is 1. The van der Waals surface area contributed by atoms with Crippen LogP contribution < -0.4 is 5.32 Å². The summed E-state index contributed by atoms with van der Waals surface area (Å²) in [6, 6.07) is 0. The number of rotatable bonds is 6. The van der Waals surface area contributed by atoms with Crippen LogP contribution in [0.25, 0.3) is 0 Å². The molecule has 18 heavy (non-hydrogen) atoms. The smallest absolute Gasteiger partial charge is 0.341 e. The number of hydrogen-bond acceptors (Lipinski definition) is 4. The fourth-order valence-electron chi connectivity index (χ4n) is 2.08. The summed E-state index contributed by atoms with van der Waals surface area (Å²) >= 11 is 0. The number of nitrogens with one attached hydrogen (secondary N) is 1. The molecule has 1 rings (SSSR count). The van der Waals surface area contributed by atoms with Gasteiger partial charge in [0.25, 0.3) is 0 Å². The molecule has 0 saturated heterocycles. The van der Waals surface area contributed by atoms with Gasteiger partial charge in [-0.05, 0) is 17.8 Å². The lowest BCUT2D eigenvalue weighted by Gasteiger charge is -2.25. The maximum atomic E-state index is 11.0. The Balaban J connectivity index is 2.76. The van der Waals surface area contributed by atoms with Crippen molar-refractivity contribution in [2.75, 3.05) is 11.9 Å². The van der Waals surface area contributed by atoms with E-state index < -0.39 is 5.97 Å². The molecule has 100 valence electrons. The first kappa shape index (κ1) is 14.4. The van der Waals surface area contributed by atoms with Crippen LogP contribution in [0.5, 0.6) is 0 Å². The van der Waals surface area contributed by atoms with Crippen LogP contribution in [0.15, 0.2) is 12.5 Å². The Morgan fingerprint density at radius 3 is 2.44 bits per heavy atom. The number of carboxylic acids is 1. The zero-order valence-corrected chi connectivity index (χ0v) is 11.3. The average Bonchev–Trinajstić information content (AvgIpc) is 2.28. The van der Waals surface area contributed by atoms with Gasteiger partial charge < -0.3 is 10.4 Å². The maximum Gasteiger partial charge on any atom is 0.341 e. The summed E-state index contributed by atoms with van der Waals surface area (Å²) in [5, 5.41) is 12.2. The molecule has 5 nitrogen and oxygen atoms in total. The third-order valence-electron chi connectivity index (χ3n) is 3.16. The molecule has 0 atom stereocenters. The van der Waals surface area contributed by atoms with Gasteiger partial charge in [-0.2, -0.15) is 0 Å². The van der Waals surface area contributed by atoms with Gasteiger partial charge in [-0.15, -0.1) is 0 Å². The molecule has 0 aliphatic heterocycles. The van der Waals surface area contributed by atoms with Crippen LogP contribution in [-0.4, -0.2) is 27.6 Å². The minimum atomic E-state index is -1.01. The molecular weight excluding hydrogens is 230 g/mol. The molecular formula is C13H21N3O2. The third-order valence-corrected chi connectivity index (χ3v) is 3.16. The molecule has 0 fully saturated rings. The molecule has 2 N–H and O–H groups in total. The number of aromatic nitrogens is 2. The highest BCUT2D eigenvalue weighted by atomic mass is 16.4. The summed E-state index contributed by atoms with van der Waals surface area (Å²) in [5.74, 6) is 0.925. The Kier molecular flexibility index (Phi) is 5.07. The standard InChI is InChI=1S/C13H21N3O2/c1-8(2)10(9(3)4)6-15-12-11(13(17)18)5-14-7-16-12/h5,7-10H,6H2,1-4H3,(H,17,18)(H,14,15,16). The maximum absolute atomic E-state index is 11.0. The molecule has 0 saturated carbocycles. The molecule has 1 heterocycles. The molecule has 0 bridgehead atoms. The number of anilines is 1. The van der Waals surface area contributed by atoms with Gasteiger partial charge in [0.05, 0.1) is 0 Å². The van der Waals surface area contributed by atoms with Crippen molar-refractivity contribution in [3.63, 3.8) is 0 Å². The Morgan fingerprint density at radius 2 is 1.94 bits per heavy atom. The second-order valence-corrected chi connectivity index (χ2v) is 5.12. The minimum Gasteiger partial charge on any atom is -0.477 e. The summed E-state index contributed by atoms with van der Waals surface area (Å²) in [6.07, 6.45) is 2.67. The Labute approximate surface area is 108 Å². The molecule has 0 aromatic carbocycles. The van der Waals surface area contributed by atoms with E-state index in [2.05, 4.69) is 43.0 Å². The molecule has 1 aromatic rings. The van der Waals surface area contributed by atoms with Crippen molar-refractivity contribution >= 4 is 11.8 Å². The summed E-state index contributed by atoms with van der Waals surface area (Å²) in [5.41, 5.74) is 0.115. The average molecular weight is 251 g/mol. The van der Waals surface area contributed by atoms with E-state index in [4.69, 9.17) is 5.11 Å². The predicted octanol–water partition coefficient (Wildman–Crippen LogP) is 2.51. The fourth-order valence-corrected chi connectivity index (χ4v) is 2.08. The van der Waals surface area contributed by atoms with Crippen LogP contribution in [0.1, 0.15) is 38.1 Å². The minimum absolute atomic E-state index is 0.115. The van der Waals surface area contributed by atoms with Gasteiger partial charge in [0, 0.05) is 12.7 Å². The van der Waals surface area contributed by atoms with Gasteiger partial charge >= 0.3 is 5.97 Å². The summed E-state index contributed by atoms with van der Waals surface area (Å²) in [6.45, 7) is 9.40. The van der Waals surface area contributed by atoms with E-state index in [9.17, 15) is 4.79 Å². The molecule has 5 heteroatoms. The molecule has 0 radical (unpaired) electrons. The normalized spacial score (nSPS) is 11.3. The van der Waals surface area contributed by atoms with E-state index >= 15 is 0 Å². The molecule has 0 aliphatic carbocycles. The van der Waals surface area contributed by atoms with E-state index in [1.165, 1.54) is 12.5 Å². The molecule has 0 spiro atoms. The molecule has 0 aliphatic rings. The number of hydrogen-bond donors (Lipinski definition) is 2. The van der Waals surface area contributed by atoms with Crippen molar-refractivity contribution in [3.8, 4) is 0 Å². The summed E-state index contributed by atoms with van der Waals surface area (Å²) in [4.78, 5) is 18.7. The van der Waals surface area contributed by atoms with E-state index in [-0.39, 0.29) is 5.56 Å². The van der Waals surface area contributed by atoms with Crippen molar-refractivity contribution in [3.05, 3.63) is 18.1 Å². The third kappa shape index (κ3) is 3.68. The van der Waals surface area contributed by atoms with Gasteiger partial charge in [0.1, 0.15) is 17.7 Å². The zero-order chi connectivity index (χ0) is 13.7. The van der Waals surface area contributed by atoms with E-state index in [1.54, 1.807) is 0 Å². The monoisotopic (exact) mass is 251 g/mol. The Hall–Kier alpha value is -1.65. The number of aromatic carboxylic acids is 1. The topological polar surface area (TPSA) is 75.1 Å². The predicted molar refractivity (Wildman–Crippen MR) is 70.6 cm³/mol. The van der Waals surface area contributed by atoms with Crippen molar-refractivity contribution in [2.45, 2.75) is 27.7 Å². The number of carbonyl (C=O) groups is 1. The first-order valence-corrected chi connectivity index (χ1v) is 6.20. The van der Waals surface area contributed by atoms with Crippen LogP contribution in [0, 0.1) is 17.8 Å². The number of nitrogens with zero attached hydrogens (tertiary/aromatic N) is 2. The molecule has 1 aromatic heterocycles.